The van der Waals surface area contributed by atoms with Crippen LogP contribution in [0.2, 0.25) is 0 Å². The second kappa shape index (κ2) is 4.09. The van der Waals surface area contributed by atoms with E-state index in [1.807, 2.05) is 17.0 Å². The predicted molar refractivity (Wildman–Crippen MR) is 73.8 cm³/mol. The lowest BCUT2D eigenvalue weighted by Gasteiger charge is -2.19. The van der Waals surface area contributed by atoms with E-state index in [4.69, 9.17) is 5.73 Å². The van der Waals surface area contributed by atoms with Gasteiger partial charge in [0.05, 0.1) is 17.5 Å². The number of aromatic nitrogens is 3. The van der Waals surface area contributed by atoms with Gasteiger partial charge in [0.2, 0.25) is 5.95 Å². The number of fused-ring (bicyclic) bond motifs is 1. The average Bonchev–Trinajstić information content (AvgIpc) is 2.86. The van der Waals surface area contributed by atoms with E-state index in [1.54, 1.807) is 18.5 Å². The minimum absolute atomic E-state index is 0.327. The Hall–Kier alpha value is -2.31. The lowest BCUT2D eigenvalue weighted by molar-refractivity contribution is 0.0796. The normalized spacial score (nSPS) is 25.7. The van der Waals surface area contributed by atoms with Crippen molar-refractivity contribution in [2.45, 2.75) is 5.92 Å². The molecule has 7 heteroatoms. The molecule has 1 saturated heterocycles. The molecule has 0 amide bonds. The van der Waals surface area contributed by atoms with Gasteiger partial charge in [-0.05, 0) is 12.1 Å². The summed E-state index contributed by atoms with van der Waals surface area (Å²) in [6, 6.07) is 5.33. The molecule has 3 heterocycles. The first-order valence-electron chi connectivity index (χ1n) is 6.73. The van der Waals surface area contributed by atoms with Crippen molar-refractivity contribution in [3.8, 4) is 11.3 Å². The Kier molecular flexibility index (Phi) is 2.42. The van der Waals surface area contributed by atoms with Gasteiger partial charge in [-0.25, -0.2) is 23.7 Å². The van der Waals surface area contributed by atoms with Crippen LogP contribution in [0.25, 0.3) is 11.3 Å². The molecule has 1 aliphatic carbocycles. The fraction of sp³-hybridized carbons (Fsp3) is 0.357. The maximum atomic E-state index is 13.2. The van der Waals surface area contributed by atoms with Crippen molar-refractivity contribution in [3.63, 3.8) is 0 Å². The largest absolute Gasteiger partial charge is 0.384 e. The molecule has 2 aromatic heterocycles. The van der Waals surface area contributed by atoms with Crippen LogP contribution in [0.4, 0.5) is 20.5 Å². The zero-order valence-electron chi connectivity index (χ0n) is 11.1. The van der Waals surface area contributed by atoms with Crippen LogP contribution in [0.15, 0.2) is 30.6 Å². The Balaban J connectivity index is 1.53. The number of hydrogen-bond donors (Lipinski definition) is 1. The highest BCUT2D eigenvalue weighted by Gasteiger charge is 2.71. The van der Waals surface area contributed by atoms with Crippen LogP contribution in [0.1, 0.15) is 0 Å². The second-order valence-electron chi connectivity index (χ2n) is 5.51. The minimum Gasteiger partial charge on any atom is -0.384 e. The Morgan fingerprint density at radius 2 is 1.81 bits per heavy atom. The van der Waals surface area contributed by atoms with Gasteiger partial charge in [-0.1, -0.05) is 6.07 Å². The third-order valence-corrected chi connectivity index (χ3v) is 4.19. The van der Waals surface area contributed by atoms with Gasteiger partial charge in [-0.15, -0.1) is 0 Å². The standard InChI is InChI=1S/C14H13F2N5/c15-14(16)9-6-21(7-10(9)14)13-18-4-8(5-19-13)11-2-1-3-12(17)20-11/h1-5,9-10H,6-7H2,(H2,17,20). The highest BCUT2D eigenvalue weighted by atomic mass is 19.3. The molecule has 0 spiro atoms. The summed E-state index contributed by atoms with van der Waals surface area (Å²) in [6.07, 6.45) is 3.29. The molecule has 2 fully saturated rings. The van der Waals surface area contributed by atoms with E-state index in [1.165, 1.54) is 0 Å². The quantitative estimate of drug-likeness (QED) is 0.913. The first-order valence-corrected chi connectivity index (χ1v) is 6.73. The van der Waals surface area contributed by atoms with Gasteiger partial charge in [0.25, 0.3) is 5.92 Å². The summed E-state index contributed by atoms with van der Waals surface area (Å²) < 4.78 is 26.3. The predicted octanol–water partition coefficient (Wildman–Crippen LogP) is 1.82. The number of piperidine rings is 1. The molecule has 21 heavy (non-hydrogen) atoms. The van der Waals surface area contributed by atoms with E-state index >= 15 is 0 Å². The molecule has 5 nitrogen and oxygen atoms in total. The van der Waals surface area contributed by atoms with Crippen LogP contribution in [0.5, 0.6) is 0 Å². The number of anilines is 2. The maximum Gasteiger partial charge on any atom is 0.258 e. The van der Waals surface area contributed by atoms with E-state index in [2.05, 4.69) is 15.0 Å². The molecule has 2 atom stereocenters. The summed E-state index contributed by atoms with van der Waals surface area (Å²) in [4.78, 5) is 14.5. The summed E-state index contributed by atoms with van der Waals surface area (Å²) >= 11 is 0. The lowest BCUT2D eigenvalue weighted by Crippen LogP contribution is -2.28. The van der Waals surface area contributed by atoms with Gasteiger partial charge >= 0.3 is 0 Å². The Morgan fingerprint density at radius 1 is 1.14 bits per heavy atom. The van der Waals surface area contributed by atoms with Crippen LogP contribution < -0.4 is 10.6 Å². The van der Waals surface area contributed by atoms with Gasteiger partial charge < -0.3 is 10.6 Å². The maximum absolute atomic E-state index is 13.2. The van der Waals surface area contributed by atoms with Crippen molar-refractivity contribution in [2.24, 2.45) is 11.8 Å². The number of rotatable bonds is 2. The first-order chi connectivity index (χ1) is 10.1. The topological polar surface area (TPSA) is 67.9 Å². The monoisotopic (exact) mass is 289 g/mol. The molecular weight excluding hydrogens is 276 g/mol. The molecule has 4 rings (SSSR count). The van der Waals surface area contributed by atoms with Crippen LogP contribution in [-0.2, 0) is 0 Å². The third-order valence-electron chi connectivity index (χ3n) is 4.19. The minimum atomic E-state index is -2.48. The van der Waals surface area contributed by atoms with Gasteiger partial charge in [0.1, 0.15) is 5.82 Å². The number of halogens is 2. The summed E-state index contributed by atoms with van der Waals surface area (Å²) in [5.74, 6) is -2.63. The molecule has 0 aromatic carbocycles. The molecule has 2 aromatic rings. The number of nitrogen functional groups attached to an aromatic ring is 1. The van der Waals surface area contributed by atoms with Crippen LogP contribution in [0, 0.1) is 11.8 Å². The van der Waals surface area contributed by atoms with Crippen molar-refractivity contribution in [3.05, 3.63) is 30.6 Å². The molecule has 108 valence electrons. The van der Waals surface area contributed by atoms with Crippen molar-refractivity contribution in [1.29, 1.82) is 0 Å². The zero-order valence-corrected chi connectivity index (χ0v) is 11.1. The van der Waals surface area contributed by atoms with Gasteiger partial charge in [0, 0.05) is 31.0 Å². The second-order valence-corrected chi connectivity index (χ2v) is 5.51. The molecule has 0 radical (unpaired) electrons. The van der Waals surface area contributed by atoms with Crippen molar-refractivity contribution >= 4 is 11.8 Å². The molecule has 2 N–H and O–H groups in total. The highest BCUT2D eigenvalue weighted by Crippen LogP contribution is 2.59. The van der Waals surface area contributed by atoms with Gasteiger partial charge in [0.15, 0.2) is 0 Å². The SMILES string of the molecule is Nc1cccc(-c2cnc(N3CC4C(C3)C4(F)F)nc2)n1. The Bertz CT molecular complexity index is 674. The van der Waals surface area contributed by atoms with Crippen molar-refractivity contribution in [1.82, 2.24) is 15.0 Å². The first kappa shape index (κ1) is 12.4. The fourth-order valence-electron chi connectivity index (χ4n) is 2.90. The van der Waals surface area contributed by atoms with Crippen LogP contribution >= 0.6 is 0 Å². The van der Waals surface area contributed by atoms with Crippen LogP contribution in [0.3, 0.4) is 0 Å². The molecule has 2 unspecified atom stereocenters. The van der Waals surface area contributed by atoms with E-state index < -0.39 is 17.8 Å². The van der Waals surface area contributed by atoms with E-state index in [9.17, 15) is 8.78 Å². The molecule has 2 aliphatic rings. The Labute approximate surface area is 119 Å². The molecule has 1 aliphatic heterocycles. The summed E-state index contributed by atoms with van der Waals surface area (Å²) in [5.41, 5.74) is 7.08. The highest BCUT2D eigenvalue weighted by molar-refractivity contribution is 5.59. The lowest BCUT2D eigenvalue weighted by atomic mass is 10.2. The van der Waals surface area contributed by atoms with E-state index in [-0.39, 0.29) is 0 Å². The van der Waals surface area contributed by atoms with Crippen LogP contribution in [-0.4, -0.2) is 34.0 Å². The number of pyridine rings is 1. The smallest absolute Gasteiger partial charge is 0.258 e. The summed E-state index contributed by atoms with van der Waals surface area (Å²) in [7, 11) is 0. The molecule has 0 bridgehead atoms. The molecular formula is C14H13F2N5. The number of hydrogen-bond acceptors (Lipinski definition) is 5. The zero-order chi connectivity index (χ0) is 14.6. The number of alkyl halides is 2. The molecule has 1 saturated carbocycles. The average molecular weight is 289 g/mol. The van der Waals surface area contributed by atoms with E-state index in [0.717, 1.165) is 5.56 Å². The summed E-state index contributed by atoms with van der Waals surface area (Å²) in [5, 5.41) is 0. The van der Waals surface area contributed by atoms with E-state index in [0.29, 0.717) is 30.5 Å². The number of nitrogens with zero attached hydrogens (tertiary/aromatic N) is 4. The van der Waals surface area contributed by atoms with Crippen molar-refractivity contribution < 1.29 is 8.78 Å². The fourth-order valence-corrected chi connectivity index (χ4v) is 2.90. The Morgan fingerprint density at radius 3 is 2.43 bits per heavy atom. The summed E-state index contributed by atoms with van der Waals surface area (Å²) in [6.45, 7) is 0.654. The van der Waals surface area contributed by atoms with Gasteiger partial charge in [-0.3, -0.25) is 0 Å². The number of nitrogens with two attached hydrogens (primary N) is 1. The van der Waals surface area contributed by atoms with Gasteiger partial charge in [-0.2, -0.15) is 0 Å². The third kappa shape index (κ3) is 1.91. The van der Waals surface area contributed by atoms with Crippen molar-refractivity contribution in [2.75, 3.05) is 23.7 Å².